The largest absolute Gasteiger partial charge is 0.493 e. The number of esters is 1. The van der Waals surface area contributed by atoms with Gasteiger partial charge in [0.25, 0.3) is 11.8 Å². The van der Waals surface area contributed by atoms with Crippen LogP contribution >= 0.6 is 0 Å². The molecule has 1 heterocycles. The minimum atomic E-state index is -1.08. The third-order valence-corrected chi connectivity index (χ3v) is 5.80. The van der Waals surface area contributed by atoms with Crippen LogP contribution in [0.2, 0.25) is 0 Å². The molecule has 0 unspecified atom stereocenters. The van der Waals surface area contributed by atoms with Crippen LogP contribution in [0.1, 0.15) is 15.9 Å². The Labute approximate surface area is 227 Å². The lowest BCUT2D eigenvalue weighted by Crippen LogP contribution is -2.54. The Morgan fingerprint density at radius 2 is 1.48 bits per heavy atom. The van der Waals surface area contributed by atoms with Crippen molar-refractivity contribution in [2.45, 2.75) is 0 Å². The summed E-state index contributed by atoms with van der Waals surface area (Å²) in [6, 6.07) is 11.2. The molecule has 40 heavy (non-hydrogen) atoms. The first-order chi connectivity index (χ1) is 19.2. The zero-order valence-electron chi connectivity index (χ0n) is 21.8. The number of hydrogen-bond donors (Lipinski definition) is 1. The second kappa shape index (κ2) is 11.6. The number of carbonyl (C=O) groups is 4. The molecule has 3 aromatic rings. The lowest BCUT2D eigenvalue weighted by Gasteiger charge is -2.26. The fourth-order valence-corrected chi connectivity index (χ4v) is 3.89. The van der Waals surface area contributed by atoms with E-state index < -0.39 is 35.2 Å². The van der Waals surface area contributed by atoms with E-state index in [0.29, 0.717) is 16.2 Å². The molecule has 1 N–H and O–H groups in total. The highest BCUT2D eigenvalue weighted by Gasteiger charge is 2.38. The molecule has 1 aliphatic heterocycles. The fourth-order valence-electron chi connectivity index (χ4n) is 3.89. The smallest absolute Gasteiger partial charge is 0.343 e. The molecule has 1 aliphatic rings. The zero-order valence-corrected chi connectivity index (χ0v) is 21.8. The van der Waals surface area contributed by atoms with Crippen LogP contribution in [-0.4, -0.2) is 52.3 Å². The number of amides is 4. The van der Waals surface area contributed by atoms with Crippen molar-refractivity contribution in [3.8, 4) is 28.7 Å². The van der Waals surface area contributed by atoms with Crippen LogP contribution in [0.3, 0.4) is 0 Å². The summed E-state index contributed by atoms with van der Waals surface area (Å²) in [6.45, 7) is 0. The molecule has 12 heteroatoms. The van der Waals surface area contributed by atoms with E-state index in [1.54, 1.807) is 0 Å². The number of hydrogen-bond acceptors (Lipinski definition) is 9. The van der Waals surface area contributed by atoms with Gasteiger partial charge in [0.2, 0.25) is 5.75 Å². The first-order valence-corrected chi connectivity index (χ1v) is 11.6. The molecule has 0 bridgehead atoms. The molecule has 0 radical (unpaired) electrons. The predicted octanol–water partition coefficient (Wildman–Crippen LogP) is 3.75. The summed E-state index contributed by atoms with van der Waals surface area (Å²) in [5, 5.41) is 2.03. The second-order valence-electron chi connectivity index (χ2n) is 8.12. The number of anilines is 1. The van der Waals surface area contributed by atoms with Gasteiger partial charge in [-0.25, -0.2) is 18.9 Å². The van der Waals surface area contributed by atoms with Gasteiger partial charge in [-0.05, 0) is 48.0 Å². The maximum atomic E-state index is 14.3. The molecule has 3 aromatic carbocycles. The van der Waals surface area contributed by atoms with Gasteiger partial charge in [0.15, 0.2) is 23.0 Å². The van der Waals surface area contributed by atoms with Gasteiger partial charge >= 0.3 is 12.0 Å². The van der Waals surface area contributed by atoms with Gasteiger partial charge in [0.05, 0.1) is 39.7 Å². The molecular formula is C28H23FN2O9. The van der Waals surface area contributed by atoms with Gasteiger partial charge in [0.1, 0.15) is 11.4 Å². The van der Waals surface area contributed by atoms with Crippen molar-refractivity contribution in [1.29, 1.82) is 0 Å². The number of urea groups is 1. The van der Waals surface area contributed by atoms with Crippen LogP contribution in [0.15, 0.2) is 60.2 Å². The minimum absolute atomic E-state index is 0.0333. The van der Waals surface area contributed by atoms with Crippen molar-refractivity contribution in [1.82, 2.24) is 5.32 Å². The van der Waals surface area contributed by atoms with Gasteiger partial charge in [-0.3, -0.25) is 14.9 Å². The number of para-hydroxylation sites is 1. The maximum absolute atomic E-state index is 14.3. The standard InChI is InChI=1S/C28H23FN2O9/c1-36-21-12-15(11-17-25(32)30-28(35)31(26(17)33)19-8-6-5-7-18(19)29)9-10-20(21)40-27(34)16-13-22(37-2)24(39-4)23(14-16)38-3/h5-14H,1-4H3,(H,30,32,35)/b17-11+. The molecule has 0 atom stereocenters. The van der Waals surface area contributed by atoms with Gasteiger partial charge < -0.3 is 23.7 Å². The van der Waals surface area contributed by atoms with E-state index in [1.165, 1.54) is 83.0 Å². The van der Waals surface area contributed by atoms with Crippen molar-refractivity contribution in [3.63, 3.8) is 0 Å². The van der Waals surface area contributed by atoms with Crippen LogP contribution in [0, 0.1) is 5.82 Å². The summed E-state index contributed by atoms with van der Waals surface area (Å²) in [5.74, 6) is -2.62. The van der Waals surface area contributed by atoms with E-state index in [0.717, 1.165) is 6.07 Å². The third kappa shape index (κ3) is 5.27. The molecule has 206 valence electrons. The fraction of sp³-hybridized carbons (Fsp3) is 0.143. The highest BCUT2D eigenvalue weighted by atomic mass is 19.1. The van der Waals surface area contributed by atoms with E-state index in [-0.39, 0.29) is 34.2 Å². The van der Waals surface area contributed by atoms with Crippen molar-refractivity contribution < 1.29 is 47.3 Å². The zero-order chi connectivity index (χ0) is 29.0. The first kappa shape index (κ1) is 27.6. The molecule has 0 spiro atoms. The Morgan fingerprint density at radius 1 is 0.825 bits per heavy atom. The molecule has 0 saturated carbocycles. The number of carbonyl (C=O) groups excluding carboxylic acids is 4. The number of nitrogens with one attached hydrogen (secondary N) is 1. The molecule has 0 aliphatic carbocycles. The Hall–Kier alpha value is -5.39. The highest BCUT2D eigenvalue weighted by molar-refractivity contribution is 6.39. The summed E-state index contributed by atoms with van der Waals surface area (Å²) < 4.78 is 41.0. The quantitative estimate of drug-likeness (QED) is 0.193. The van der Waals surface area contributed by atoms with Crippen molar-refractivity contribution in [2.75, 3.05) is 33.3 Å². The lowest BCUT2D eigenvalue weighted by molar-refractivity contribution is -0.122. The molecule has 0 aromatic heterocycles. The van der Waals surface area contributed by atoms with Gasteiger partial charge in [-0.2, -0.15) is 0 Å². The van der Waals surface area contributed by atoms with Crippen molar-refractivity contribution in [3.05, 3.63) is 77.1 Å². The van der Waals surface area contributed by atoms with Crippen LogP contribution in [0.5, 0.6) is 28.7 Å². The Kier molecular flexibility index (Phi) is 7.99. The van der Waals surface area contributed by atoms with E-state index in [4.69, 9.17) is 23.7 Å². The van der Waals surface area contributed by atoms with E-state index >= 15 is 0 Å². The Balaban J connectivity index is 1.63. The average molecular weight is 550 g/mol. The van der Waals surface area contributed by atoms with E-state index in [9.17, 15) is 23.6 Å². The first-order valence-electron chi connectivity index (χ1n) is 11.6. The number of benzene rings is 3. The third-order valence-electron chi connectivity index (χ3n) is 5.80. The number of halogens is 1. The number of nitrogens with zero attached hydrogens (tertiary/aromatic N) is 1. The number of imide groups is 2. The summed E-state index contributed by atoms with van der Waals surface area (Å²) in [4.78, 5) is 51.3. The van der Waals surface area contributed by atoms with Crippen LogP contribution in [0.25, 0.3) is 6.08 Å². The molecule has 4 rings (SSSR count). The van der Waals surface area contributed by atoms with Crippen LogP contribution < -0.4 is 33.9 Å². The van der Waals surface area contributed by atoms with Gasteiger partial charge in [-0.1, -0.05) is 18.2 Å². The molecule has 1 fully saturated rings. The average Bonchev–Trinajstić information content (AvgIpc) is 2.95. The summed E-state index contributed by atoms with van der Waals surface area (Å²) in [5.41, 5.74) is -0.335. The number of barbiturate groups is 1. The van der Waals surface area contributed by atoms with Crippen molar-refractivity contribution in [2.24, 2.45) is 0 Å². The topological polar surface area (TPSA) is 130 Å². The van der Waals surface area contributed by atoms with Crippen LogP contribution in [0.4, 0.5) is 14.9 Å². The van der Waals surface area contributed by atoms with Crippen molar-refractivity contribution >= 4 is 35.6 Å². The second-order valence-corrected chi connectivity index (χ2v) is 8.12. The Bertz CT molecular complexity index is 1530. The van der Waals surface area contributed by atoms with Gasteiger partial charge in [-0.15, -0.1) is 0 Å². The normalized spacial score (nSPS) is 14.1. The Morgan fingerprint density at radius 3 is 2.08 bits per heavy atom. The maximum Gasteiger partial charge on any atom is 0.343 e. The molecule has 4 amide bonds. The predicted molar refractivity (Wildman–Crippen MR) is 139 cm³/mol. The van der Waals surface area contributed by atoms with Gasteiger partial charge in [0, 0.05) is 0 Å². The van der Waals surface area contributed by atoms with E-state index in [2.05, 4.69) is 0 Å². The number of rotatable bonds is 8. The number of methoxy groups -OCH3 is 4. The van der Waals surface area contributed by atoms with Crippen LogP contribution in [-0.2, 0) is 9.59 Å². The monoisotopic (exact) mass is 550 g/mol. The lowest BCUT2D eigenvalue weighted by atomic mass is 10.1. The number of ether oxygens (including phenoxy) is 5. The highest BCUT2D eigenvalue weighted by Crippen LogP contribution is 2.39. The summed E-state index contributed by atoms with van der Waals surface area (Å²) in [6.07, 6.45) is 1.20. The summed E-state index contributed by atoms with van der Waals surface area (Å²) >= 11 is 0. The summed E-state index contributed by atoms with van der Waals surface area (Å²) in [7, 11) is 5.58. The molecule has 11 nitrogen and oxygen atoms in total. The molecule has 1 saturated heterocycles. The molecular weight excluding hydrogens is 527 g/mol. The van der Waals surface area contributed by atoms with E-state index in [1.807, 2.05) is 5.32 Å². The SMILES string of the molecule is COc1cc(/C=C2\C(=O)NC(=O)N(c3ccccc3F)C2=O)ccc1OC(=O)c1cc(OC)c(OC)c(OC)c1. The minimum Gasteiger partial charge on any atom is -0.493 e.